The summed E-state index contributed by atoms with van der Waals surface area (Å²) in [6.07, 6.45) is 0. The van der Waals surface area contributed by atoms with Gasteiger partial charge in [0.15, 0.2) is 0 Å². The van der Waals surface area contributed by atoms with Gasteiger partial charge in [-0.3, -0.25) is 4.90 Å². The number of hydrogen-bond donors (Lipinski definition) is 1. The van der Waals surface area contributed by atoms with Gasteiger partial charge < -0.3 is 20.3 Å². The van der Waals surface area contributed by atoms with Crippen LogP contribution < -0.4 is 5.73 Å². The Bertz CT molecular complexity index is 491. The van der Waals surface area contributed by atoms with Crippen LogP contribution in [0.25, 0.3) is 0 Å². The molecule has 0 bridgehead atoms. The summed E-state index contributed by atoms with van der Waals surface area (Å²) in [6, 6.07) is 8.18. The first kappa shape index (κ1) is 15.1. The smallest absolute Gasteiger partial charge is 0.320 e. The number of nitrogen functional groups attached to an aromatic ring is 1. The minimum atomic E-state index is 0.162. The molecule has 2 saturated heterocycles. The minimum absolute atomic E-state index is 0.162. The molecule has 0 unspecified atom stereocenters. The van der Waals surface area contributed by atoms with Gasteiger partial charge in [0, 0.05) is 51.5 Å². The molecule has 22 heavy (non-hydrogen) atoms. The number of rotatable bonds is 2. The highest BCUT2D eigenvalue weighted by molar-refractivity contribution is 5.74. The molecule has 0 radical (unpaired) electrons. The molecular formula is C16H24N4O2. The second-order valence-corrected chi connectivity index (χ2v) is 5.89. The summed E-state index contributed by atoms with van der Waals surface area (Å²) in [4.78, 5) is 18.7. The summed E-state index contributed by atoms with van der Waals surface area (Å²) in [5, 5.41) is 0. The molecule has 1 aromatic rings. The fourth-order valence-corrected chi connectivity index (χ4v) is 2.93. The summed E-state index contributed by atoms with van der Waals surface area (Å²) < 4.78 is 5.30. The average Bonchev–Trinajstić information content (AvgIpc) is 2.58. The van der Waals surface area contributed by atoms with E-state index >= 15 is 0 Å². The summed E-state index contributed by atoms with van der Waals surface area (Å²) in [5.41, 5.74) is 7.77. The molecule has 6 heteroatoms. The van der Waals surface area contributed by atoms with Gasteiger partial charge in [0.1, 0.15) is 0 Å². The Hall–Kier alpha value is -1.79. The lowest BCUT2D eigenvalue weighted by molar-refractivity contribution is 0.0373. The molecule has 2 heterocycles. The normalized spacial score (nSPS) is 20.2. The molecule has 0 saturated carbocycles. The summed E-state index contributed by atoms with van der Waals surface area (Å²) >= 11 is 0. The quantitative estimate of drug-likeness (QED) is 0.823. The standard InChI is InChI=1S/C16H24N4O2/c17-15-3-1-14(2-4-15)13-18-5-7-19(8-6-18)16(21)20-9-11-22-12-10-20/h1-4H,5-13,17H2. The summed E-state index contributed by atoms with van der Waals surface area (Å²) in [6.45, 7) is 7.08. The predicted octanol–water partition coefficient (Wildman–Crippen LogP) is 0.839. The number of carbonyl (C=O) groups is 1. The second kappa shape index (κ2) is 6.98. The lowest BCUT2D eigenvalue weighted by Crippen LogP contribution is -2.54. The van der Waals surface area contributed by atoms with Crippen molar-refractivity contribution in [3.05, 3.63) is 29.8 Å². The van der Waals surface area contributed by atoms with E-state index in [4.69, 9.17) is 10.5 Å². The topological polar surface area (TPSA) is 62.0 Å². The third-order valence-electron chi connectivity index (χ3n) is 4.31. The Morgan fingerprint density at radius 3 is 2.18 bits per heavy atom. The van der Waals surface area contributed by atoms with E-state index in [1.807, 2.05) is 21.9 Å². The molecule has 2 aliphatic heterocycles. The SMILES string of the molecule is Nc1ccc(CN2CCN(C(=O)N3CCOCC3)CC2)cc1. The molecule has 6 nitrogen and oxygen atoms in total. The monoisotopic (exact) mass is 304 g/mol. The van der Waals surface area contributed by atoms with Gasteiger partial charge in [-0.2, -0.15) is 0 Å². The van der Waals surface area contributed by atoms with Crippen LogP contribution in [0.5, 0.6) is 0 Å². The average molecular weight is 304 g/mol. The van der Waals surface area contributed by atoms with Crippen LogP contribution in [-0.2, 0) is 11.3 Å². The van der Waals surface area contributed by atoms with E-state index in [1.54, 1.807) is 0 Å². The largest absolute Gasteiger partial charge is 0.399 e. The van der Waals surface area contributed by atoms with Crippen molar-refractivity contribution in [1.29, 1.82) is 0 Å². The number of amides is 2. The molecule has 3 rings (SSSR count). The number of hydrogen-bond acceptors (Lipinski definition) is 4. The van der Waals surface area contributed by atoms with Crippen LogP contribution in [0.15, 0.2) is 24.3 Å². The molecule has 120 valence electrons. The molecule has 2 fully saturated rings. The van der Waals surface area contributed by atoms with Crippen molar-refractivity contribution in [3.63, 3.8) is 0 Å². The molecule has 2 amide bonds. The zero-order valence-corrected chi connectivity index (χ0v) is 12.9. The molecule has 0 aliphatic carbocycles. The van der Waals surface area contributed by atoms with Crippen molar-refractivity contribution in [1.82, 2.24) is 14.7 Å². The predicted molar refractivity (Wildman–Crippen MR) is 85.5 cm³/mol. The van der Waals surface area contributed by atoms with Gasteiger partial charge in [-0.25, -0.2) is 4.79 Å². The van der Waals surface area contributed by atoms with Crippen molar-refractivity contribution in [2.45, 2.75) is 6.54 Å². The number of anilines is 1. The van der Waals surface area contributed by atoms with Crippen molar-refractivity contribution in [2.24, 2.45) is 0 Å². The van der Waals surface area contributed by atoms with Crippen molar-refractivity contribution in [3.8, 4) is 0 Å². The maximum Gasteiger partial charge on any atom is 0.320 e. The molecule has 0 aromatic heterocycles. The van der Waals surface area contributed by atoms with Gasteiger partial charge in [0.05, 0.1) is 13.2 Å². The van der Waals surface area contributed by atoms with E-state index < -0.39 is 0 Å². The van der Waals surface area contributed by atoms with Crippen LogP contribution in [0.3, 0.4) is 0 Å². The zero-order valence-electron chi connectivity index (χ0n) is 12.9. The van der Waals surface area contributed by atoms with Crippen LogP contribution in [0.2, 0.25) is 0 Å². The number of ether oxygens (including phenoxy) is 1. The number of urea groups is 1. The van der Waals surface area contributed by atoms with Gasteiger partial charge in [0.25, 0.3) is 0 Å². The Morgan fingerprint density at radius 1 is 0.955 bits per heavy atom. The summed E-state index contributed by atoms with van der Waals surface area (Å²) in [7, 11) is 0. The fourth-order valence-electron chi connectivity index (χ4n) is 2.93. The van der Waals surface area contributed by atoms with Gasteiger partial charge in [-0.1, -0.05) is 12.1 Å². The lowest BCUT2D eigenvalue weighted by Gasteiger charge is -2.38. The number of piperazine rings is 1. The summed E-state index contributed by atoms with van der Waals surface area (Å²) in [5.74, 6) is 0. The molecule has 2 aliphatic rings. The fraction of sp³-hybridized carbons (Fsp3) is 0.562. The third-order valence-corrected chi connectivity index (χ3v) is 4.31. The highest BCUT2D eigenvalue weighted by atomic mass is 16.5. The highest BCUT2D eigenvalue weighted by Crippen LogP contribution is 2.12. The van der Waals surface area contributed by atoms with E-state index in [9.17, 15) is 4.79 Å². The Morgan fingerprint density at radius 2 is 1.55 bits per heavy atom. The first-order valence-electron chi connectivity index (χ1n) is 7.91. The van der Waals surface area contributed by atoms with Crippen molar-refractivity contribution < 1.29 is 9.53 Å². The molecule has 0 atom stereocenters. The number of morpholine rings is 1. The van der Waals surface area contributed by atoms with E-state index in [2.05, 4.69) is 17.0 Å². The number of nitrogens with two attached hydrogens (primary N) is 1. The minimum Gasteiger partial charge on any atom is -0.399 e. The number of nitrogens with zero attached hydrogens (tertiary/aromatic N) is 3. The third kappa shape index (κ3) is 3.69. The van der Waals surface area contributed by atoms with Gasteiger partial charge in [0.2, 0.25) is 0 Å². The van der Waals surface area contributed by atoms with E-state index in [0.29, 0.717) is 26.3 Å². The van der Waals surface area contributed by atoms with Gasteiger partial charge in [-0.05, 0) is 17.7 Å². The van der Waals surface area contributed by atoms with E-state index in [-0.39, 0.29) is 6.03 Å². The first-order chi connectivity index (χ1) is 10.7. The van der Waals surface area contributed by atoms with Crippen LogP contribution in [-0.4, -0.2) is 73.2 Å². The molecular weight excluding hydrogens is 280 g/mol. The lowest BCUT2D eigenvalue weighted by atomic mass is 10.2. The Kier molecular flexibility index (Phi) is 4.80. The van der Waals surface area contributed by atoms with Crippen molar-refractivity contribution >= 4 is 11.7 Å². The van der Waals surface area contributed by atoms with Crippen LogP contribution in [0, 0.1) is 0 Å². The van der Waals surface area contributed by atoms with Crippen molar-refractivity contribution in [2.75, 3.05) is 58.2 Å². The molecule has 1 aromatic carbocycles. The highest BCUT2D eigenvalue weighted by Gasteiger charge is 2.26. The molecule has 0 spiro atoms. The zero-order chi connectivity index (χ0) is 15.4. The van der Waals surface area contributed by atoms with Crippen LogP contribution in [0.4, 0.5) is 10.5 Å². The Balaban J connectivity index is 1.47. The van der Waals surface area contributed by atoms with E-state index in [1.165, 1.54) is 5.56 Å². The van der Waals surface area contributed by atoms with Crippen LogP contribution in [0.1, 0.15) is 5.56 Å². The van der Waals surface area contributed by atoms with Crippen LogP contribution >= 0.6 is 0 Å². The number of benzene rings is 1. The van der Waals surface area contributed by atoms with E-state index in [0.717, 1.165) is 38.4 Å². The van der Waals surface area contributed by atoms with Gasteiger partial charge >= 0.3 is 6.03 Å². The maximum absolute atomic E-state index is 12.4. The van der Waals surface area contributed by atoms with Gasteiger partial charge in [-0.15, -0.1) is 0 Å². The maximum atomic E-state index is 12.4. The first-order valence-corrected chi connectivity index (χ1v) is 7.91. The molecule has 2 N–H and O–H groups in total. The Labute approximate surface area is 131 Å². The second-order valence-electron chi connectivity index (χ2n) is 5.89. The number of carbonyl (C=O) groups excluding carboxylic acids is 1.